The number of rotatable bonds is 3. The zero-order valence-electron chi connectivity index (χ0n) is 10.4. The fourth-order valence-electron chi connectivity index (χ4n) is 2.45. The average molecular weight is 252 g/mol. The molecule has 2 aliphatic rings. The Labute approximate surface area is 105 Å². The van der Waals surface area contributed by atoms with Gasteiger partial charge in [-0.1, -0.05) is 0 Å². The van der Waals surface area contributed by atoms with Crippen LogP contribution in [0.15, 0.2) is 6.33 Å². The first-order chi connectivity index (χ1) is 8.79. The number of halogens is 1. The molecule has 0 spiro atoms. The van der Waals surface area contributed by atoms with Gasteiger partial charge in [0.05, 0.1) is 0 Å². The molecule has 0 aromatic carbocycles. The van der Waals surface area contributed by atoms with E-state index in [2.05, 4.69) is 15.3 Å². The van der Waals surface area contributed by atoms with Crippen LogP contribution in [0.2, 0.25) is 0 Å². The van der Waals surface area contributed by atoms with Crippen LogP contribution in [-0.2, 0) is 4.74 Å². The van der Waals surface area contributed by atoms with Gasteiger partial charge in [-0.05, 0) is 19.9 Å². The highest BCUT2D eigenvalue weighted by atomic mass is 19.1. The fourth-order valence-corrected chi connectivity index (χ4v) is 2.45. The lowest BCUT2D eigenvalue weighted by Gasteiger charge is -2.40. The van der Waals surface area contributed by atoms with Gasteiger partial charge in [0.25, 0.3) is 0 Å². The molecule has 6 heteroatoms. The van der Waals surface area contributed by atoms with Crippen molar-refractivity contribution in [1.82, 2.24) is 15.3 Å². The Morgan fingerprint density at radius 2 is 2.28 bits per heavy atom. The van der Waals surface area contributed by atoms with Crippen molar-refractivity contribution in [2.24, 2.45) is 0 Å². The second-order valence-corrected chi connectivity index (χ2v) is 4.79. The Bertz CT molecular complexity index is 430. The molecule has 3 rings (SSSR count). The minimum absolute atomic E-state index is 0.201. The Morgan fingerprint density at radius 3 is 2.94 bits per heavy atom. The lowest BCUT2D eigenvalue weighted by molar-refractivity contribution is 0.105. The number of likely N-dealkylation sites (N-methyl/N-ethyl adjacent to an activating group) is 1. The number of nitrogens with one attached hydrogen (secondary N) is 1. The number of hydrogen-bond donors (Lipinski definition) is 1. The maximum absolute atomic E-state index is 14.4. The number of nitrogens with zero attached hydrogens (tertiary/aromatic N) is 3. The second kappa shape index (κ2) is 4.78. The van der Waals surface area contributed by atoms with Crippen LogP contribution in [0.25, 0.3) is 0 Å². The fraction of sp³-hybridized carbons (Fsp3) is 0.667. The molecule has 98 valence electrons. The average Bonchev–Trinajstić information content (AvgIpc) is 2.83. The third kappa shape index (κ3) is 1.95. The van der Waals surface area contributed by atoms with Crippen LogP contribution in [0.1, 0.15) is 24.6 Å². The summed E-state index contributed by atoms with van der Waals surface area (Å²) in [6, 6.07) is 0.422. The van der Waals surface area contributed by atoms with Crippen LogP contribution in [0, 0.1) is 5.82 Å². The highest BCUT2D eigenvalue weighted by Crippen LogP contribution is 2.32. The van der Waals surface area contributed by atoms with Crippen LogP contribution >= 0.6 is 0 Å². The molecule has 0 aliphatic carbocycles. The van der Waals surface area contributed by atoms with Gasteiger partial charge in [0.1, 0.15) is 18.1 Å². The summed E-state index contributed by atoms with van der Waals surface area (Å²) in [5.74, 6) is 0.0842. The van der Waals surface area contributed by atoms with Crippen molar-refractivity contribution in [2.45, 2.75) is 25.0 Å². The standard InChI is InChI=1S/C12H17FN4O/c1-14-8-5-17(6-8)12-10(13)11(15-7-16-12)9-3-2-4-18-9/h7-9,14H,2-6H2,1H3. The molecular formula is C12H17FN4O. The van der Waals surface area contributed by atoms with E-state index in [9.17, 15) is 4.39 Å². The molecule has 0 bridgehead atoms. The maximum Gasteiger partial charge on any atom is 0.189 e. The molecule has 3 heterocycles. The lowest BCUT2D eigenvalue weighted by atomic mass is 10.1. The minimum Gasteiger partial charge on any atom is -0.372 e. The molecule has 0 radical (unpaired) electrons. The van der Waals surface area contributed by atoms with E-state index in [0.717, 1.165) is 25.9 Å². The van der Waals surface area contributed by atoms with Gasteiger partial charge in [-0.15, -0.1) is 0 Å². The van der Waals surface area contributed by atoms with Crippen LogP contribution < -0.4 is 10.2 Å². The zero-order valence-corrected chi connectivity index (χ0v) is 10.4. The molecule has 1 unspecified atom stereocenters. The van der Waals surface area contributed by atoms with Crippen molar-refractivity contribution in [3.05, 3.63) is 17.8 Å². The van der Waals surface area contributed by atoms with Crippen molar-refractivity contribution in [3.8, 4) is 0 Å². The van der Waals surface area contributed by atoms with Gasteiger partial charge < -0.3 is 15.0 Å². The minimum atomic E-state index is -0.320. The van der Waals surface area contributed by atoms with E-state index in [0.29, 0.717) is 24.2 Å². The summed E-state index contributed by atoms with van der Waals surface area (Å²) < 4.78 is 19.8. The first-order valence-corrected chi connectivity index (χ1v) is 6.34. The molecule has 1 atom stereocenters. The van der Waals surface area contributed by atoms with Crippen LogP contribution in [-0.4, -0.2) is 42.8 Å². The normalized spacial score (nSPS) is 24.3. The van der Waals surface area contributed by atoms with Gasteiger partial charge in [-0.25, -0.2) is 14.4 Å². The van der Waals surface area contributed by atoms with E-state index in [4.69, 9.17) is 4.74 Å². The van der Waals surface area contributed by atoms with Crippen molar-refractivity contribution in [1.29, 1.82) is 0 Å². The van der Waals surface area contributed by atoms with Crippen molar-refractivity contribution in [2.75, 3.05) is 31.6 Å². The molecule has 2 saturated heterocycles. The highest BCUT2D eigenvalue weighted by Gasteiger charge is 2.31. The molecule has 0 amide bonds. The SMILES string of the molecule is CNC1CN(c2ncnc(C3CCCO3)c2F)C1. The maximum atomic E-state index is 14.4. The molecule has 1 aromatic rings. The highest BCUT2D eigenvalue weighted by molar-refractivity contribution is 5.45. The van der Waals surface area contributed by atoms with Gasteiger partial charge in [-0.3, -0.25) is 0 Å². The first kappa shape index (κ1) is 11.8. The predicted octanol–water partition coefficient (Wildman–Crippen LogP) is 0.875. The van der Waals surface area contributed by atoms with Gasteiger partial charge in [0, 0.05) is 25.7 Å². The molecule has 5 nitrogen and oxygen atoms in total. The Morgan fingerprint density at radius 1 is 1.44 bits per heavy atom. The number of aromatic nitrogens is 2. The van der Waals surface area contributed by atoms with Crippen molar-refractivity contribution in [3.63, 3.8) is 0 Å². The predicted molar refractivity (Wildman–Crippen MR) is 65.0 cm³/mol. The molecular weight excluding hydrogens is 235 g/mol. The molecule has 1 aromatic heterocycles. The summed E-state index contributed by atoms with van der Waals surface area (Å²) in [6.07, 6.45) is 3.04. The molecule has 18 heavy (non-hydrogen) atoms. The lowest BCUT2D eigenvalue weighted by Crippen LogP contribution is -2.57. The quantitative estimate of drug-likeness (QED) is 0.865. The van der Waals surface area contributed by atoms with Crippen LogP contribution in [0.4, 0.5) is 10.2 Å². The molecule has 1 N–H and O–H groups in total. The molecule has 2 fully saturated rings. The third-order valence-electron chi connectivity index (χ3n) is 3.62. The smallest absolute Gasteiger partial charge is 0.189 e. The van der Waals surface area contributed by atoms with E-state index in [1.165, 1.54) is 6.33 Å². The summed E-state index contributed by atoms with van der Waals surface area (Å²) in [5.41, 5.74) is 0.408. The second-order valence-electron chi connectivity index (χ2n) is 4.79. The van der Waals surface area contributed by atoms with Gasteiger partial charge in [0.15, 0.2) is 11.6 Å². The molecule has 2 aliphatic heterocycles. The number of ether oxygens (including phenoxy) is 1. The topological polar surface area (TPSA) is 50.3 Å². The largest absolute Gasteiger partial charge is 0.372 e. The summed E-state index contributed by atoms with van der Waals surface area (Å²) in [7, 11) is 1.91. The first-order valence-electron chi connectivity index (χ1n) is 6.34. The van der Waals surface area contributed by atoms with E-state index >= 15 is 0 Å². The van der Waals surface area contributed by atoms with Gasteiger partial charge in [-0.2, -0.15) is 0 Å². The van der Waals surface area contributed by atoms with Crippen molar-refractivity contribution < 1.29 is 9.13 Å². The summed E-state index contributed by atoms with van der Waals surface area (Å²) in [6.45, 7) is 2.26. The molecule has 0 saturated carbocycles. The third-order valence-corrected chi connectivity index (χ3v) is 3.62. The van der Waals surface area contributed by atoms with Crippen LogP contribution in [0.3, 0.4) is 0 Å². The summed E-state index contributed by atoms with van der Waals surface area (Å²) in [5, 5.41) is 3.16. The monoisotopic (exact) mass is 252 g/mol. The van der Waals surface area contributed by atoms with E-state index < -0.39 is 0 Å². The number of anilines is 1. The van der Waals surface area contributed by atoms with E-state index in [-0.39, 0.29) is 11.9 Å². The van der Waals surface area contributed by atoms with Gasteiger partial charge >= 0.3 is 0 Å². The Kier molecular flexibility index (Phi) is 3.13. The summed E-state index contributed by atoms with van der Waals surface area (Å²) >= 11 is 0. The van der Waals surface area contributed by atoms with E-state index in [1.54, 1.807) is 0 Å². The van der Waals surface area contributed by atoms with Gasteiger partial charge in [0.2, 0.25) is 0 Å². The van der Waals surface area contributed by atoms with Crippen LogP contribution in [0.5, 0.6) is 0 Å². The zero-order chi connectivity index (χ0) is 12.5. The Balaban J connectivity index is 1.81. The summed E-state index contributed by atoms with van der Waals surface area (Å²) in [4.78, 5) is 10.0. The van der Waals surface area contributed by atoms with Crippen molar-refractivity contribution >= 4 is 5.82 Å². The Hall–Kier alpha value is -1.27. The van der Waals surface area contributed by atoms with E-state index in [1.807, 2.05) is 11.9 Å². The number of hydrogen-bond acceptors (Lipinski definition) is 5.